The molecule has 4 nitrogen and oxygen atoms in total. The van der Waals surface area contributed by atoms with Crippen LogP contribution >= 0.6 is 11.8 Å². The molecule has 1 aromatic carbocycles. The molecule has 144 valence electrons. The summed E-state index contributed by atoms with van der Waals surface area (Å²) in [6.45, 7) is 8.49. The summed E-state index contributed by atoms with van der Waals surface area (Å²) in [5, 5.41) is 4.31. The van der Waals surface area contributed by atoms with Crippen LogP contribution in [0.15, 0.2) is 64.8 Å². The van der Waals surface area contributed by atoms with Crippen LogP contribution in [0, 0.1) is 19.3 Å². The molecule has 2 aromatic rings. The Labute approximate surface area is 171 Å². The van der Waals surface area contributed by atoms with E-state index in [1.807, 2.05) is 19.2 Å². The molecule has 0 amide bonds. The average Bonchev–Trinajstić information content (AvgIpc) is 3.15. The van der Waals surface area contributed by atoms with Crippen molar-refractivity contribution in [3.8, 4) is 0 Å². The number of aromatic nitrogens is 2. The molecule has 1 saturated carbocycles. The maximum Gasteiger partial charge on any atom is 0.226 e. The highest BCUT2D eigenvalue weighted by Crippen LogP contribution is 2.56. The largest absolute Gasteiger partial charge is 0.330 e. The second-order valence-corrected chi connectivity index (χ2v) is 8.86. The van der Waals surface area contributed by atoms with Gasteiger partial charge in [-0.05, 0) is 56.2 Å². The number of allylic oxidation sites excluding steroid dienone is 1. The SMILES string of the molecule is C=C1SC(=N\c2ccc(C)cc2)/C(=C/Nc2nccc(C)n2)CC12CCCC2. The molecular formula is C23H26N4S. The smallest absolute Gasteiger partial charge is 0.226 e. The molecular weight excluding hydrogens is 364 g/mol. The highest BCUT2D eigenvalue weighted by molar-refractivity contribution is 8.17. The van der Waals surface area contributed by atoms with Gasteiger partial charge in [-0.25, -0.2) is 15.0 Å². The Balaban J connectivity index is 1.66. The Morgan fingerprint density at radius 3 is 2.61 bits per heavy atom. The van der Waals surface area contributed by atoms with Gasteiger partial charge in [-0.1, -0.05) is 48.9 Å². The van der Waals surface area contributed by atoms with E-state index in [1.165, 1.54) is 41.7 Å². The first-order valence-electron chi connectivity index (χ1n) is 9.82. The van der Waals surface area contributed by atoms with E-state index in [2.05, 4.69) is 53.1 Å². The molecule has 0 unspecified atom stereocenters. The maximum atomic E-state index is 4.95. The quantitative estimate of drug-likeness (QED) is 0.665. The third kappa shape index (κ3) is 4.04. The number of anilines is 1. The molecule has 28 heavy (non-hydrogen) atoms. The topological polar surface area (TPSA) is 50.2 Å². The highest BCUT2D eigenvalue weighted by atomic mass is 32.2. The van der Waals surface area contributed by atoms with Crippen LogP contribution < -0.4 is 5.32 Å². The molecule has 4 rings (SSSR count). The first kappa shape index (κ1) is 18.9. The van der Waals surface area contributed by atoms with Crippen molar-refractivity contribution in [1.29, 1.82) is 0 Å². The summed E-state index contributed by atoms with van der Waals surface area (Å²) in [5.74, 6) is 0.622. The van der Waals surface area contributed by atoms with Gasteiger partial charge in [0.25, 0.3) is 0 Å². The number of aryl methyl sites for hydroxylation is 2. The van der Waals surface area contributed by atoms with Crippen LogP contribution in [0.3, 0.4) is 0 Å². The fourth-order valence-electron chi connectivity index (χ4n) is 3.95. The van der Waals surface area contributed by atoms with Gasteiger partial charge in [0.2, 0.25) is 5.95 Å². The first-order valence-corrected chi connectivity index (χ1v) is 10.6. The summed E-state index contributed by atoms with van der Waals surface area (Å²) in [7, 11) is 0. The van der Waals surface area contributed by atoms with Crippen LogP contribution in [0.4, 0.5) is 11.6 Å². The Hall–Kier alpha value is -2.40. The van der Waals surface area contributed by atoms with Crippen molar-refractivity contribution in [2.24, 2.45) is 10.4 Å². The Bertz CT molecular complexity index is 937. The standard InChI is InChI=1S/C23H26N4S/c1-16-6-8-20(9-7-16)27-21-19(15-25-22-24-13-10-17(2)26-22)14-23(18(3)28-21)11-4-5-12-23/h6-10,13,15H,3-5,11-12,14H2,1-2H3,(H,24,25,26)/b19-15+,27-21-. The molecule has 1 N–H and O–H groups in total. The molecule has 0 radical (unpaired) electrons. The van der Waals surface area contributed by atoms with Crippen LogP contribution in [0.2, 0.25) is 0 Å². The number of aliphatic imine (C=N–C) groups is 1. The Kier molecular flexibility index (Phi) is 5.36. The predicted octanol–water partition coefficient (Wildman–Crippen LogP) is 6.33. The fraction of sp³-hybridized carbons (Fsp3) is 0.348. The van der Waals surface area contributed by atoms with E-state index in [0.29, 0.717) is 5.95 Å². The van der Waals surface area contributed by atoms with Gasteiger partial charge in [0.1, 0.15) is 5.04 Å². The normalized spacial score (nSPS) is 21.6. The lowest BCUT2D eigenvalue weighted by molar-refractivity contribution is 0.388. The van der Waals surface area contributed by atoms with Crippen molar-refractivity contribution in [3.63, 3.8) is 0 Å². The summed E-state index contributed by atoms with van der Waals surface area (Å²) in [5.41, 5.74) is 4.58. The van der Waals surface area contributed by atoms with Crippen molar-refractivity contribution in [1.82, 2.24) is 9.97 Å². The van der Waals surface area contributed by atoms with Crippen molar-refractivity contribution < 1.29 is 0 Å². The van der Waals surface area contributed by atoms with Gasteiger partial charge >= 0.3 is 0 Å². The zero-order chi connectivity index (χ0) is 19.6. The van der Waals surface area contributed by atoms with Gasteiger partial charge < -0.3 is 5.32 Å². The zero-order valence-corrected chi connectivity index (χ0v) is 17.4. The molecule has 1 aromatic heterocycles. The number of rotatable bonds is 3. The second kappa shape index (κ2) is 7.92. The van der Waals surface area contributed by atoms with Crippen molar-refractivity contribution in [3.05, 3.63) is 71.0 Å². The average molecular weight is 391 g/mol. The molecule has 1 saturated heterocycles. The molecule has 5 heteroatoms. The van der Waals surface area contributed by atoms with E-state index in [9.17, 15) is 0 Å². The molecule has 0 bridgehead atoms. The van der Waals surface area contributed by atoms with Crippen LogP contribution in [-0.2, 0) is 0 Å². The second-order valence-electron chi connectivity index (χ2n) is 7.78. The molecule has 2 aliphatic rings. The van der Waals surface area contributed by atoms with Crippen molar-refractivity contribution in [2.45, 2.75) is 46.0 Å². The van der Waals surface area contributed by atoms with Crippen LogP contribution in [0.5, 0.6) is 0 Å². The van der Waals surface area contributed by atoms with E-state index < -0.39 is 0 Å². The van der Waals surface area contributed by atoms with Gasteiger partial charge in [0.05, 0.1) is 5.69 Å². The summed E-state index contributed by atoms with van der Waals surface area (Å²) in [4.78, 5) is 15.0. The third-order valence-corrected chi connectivity index (χ3v) is 6.84. The minimum absolute atomic E-state index is 0.206. The summed E-state index contributed by atoms with van der Waals surface area (Å²) in [6, 6.07) is 10.2. The van der Waals surface area contributed by atoms with Crippen molar-refractivity contribution >= 4 is 28.4 Å². The monoisotopic (exact) mass is 390 g/mol. The molecule has 2 heterocycles. The summed E-state index contributed by atoms with van der Waals surface area (Å²) in [6.07, 6.45) is 9.80. The van der Waals surface area contributed by atoms with Crippen LogP contribution in [0.1, 0.15) is 43.4 Å². The maximum absolute atomic E-state index is 4.95. The van der Waals surface area contributed by atoms with Gasteiger partial charge in [0.15, 0.2) is 0 Å². The molecule has 1 aliphatic carbocycles. The molecule has 1 aliphatic heterocycles. The number of benzene rings is 1. The fourth-order valence-corrected chi connectivity index (χ4v) is 5.09. The highest BCUT2D eigenvalue weighted by Gasteiger charge is 2.42. The van der Waals surface area contributed by atoms with E-state index >= 15 is 0 Å². The van der Waals surface area contributed by atoms with E-state index in [0.717, 1.165) is 22.8 Å². The molecule has 1 spiro atoms. The zero-order valence-electron chi connectivity index (χ0n) is 16.5. The van der Waals surface area contributed by atoms with Crippen molar-refractivity contribution in [2.75, 3.05) is 5.32 Å². The minimum Gasteiger partial charge on any atom is -0.330 e. The Morgan fingerprint density at radius 1 is 1.14 bits per heavy atom. The predicted molar refractivity (Wildman–Crippen MR) is 119 cm³/mol. The van der Waals surface area contributed by atoms with Gasteiger partial charge in [-0.2, -0.15) is 0 Å². The number of hydrogen-bond acceptors (Lipinski definition) is 5. The summed E-state index contributed by atoms with van der Waals surface area (Å²) >= 11 is 1.73. The molecule has 0 atom stereocenters. The van der Waals surface area contributed by atoms with Crippen LogP contribution in [-0.4, -0.2) is 15.0 Å². The lowest BCUT2D eigenvalue weighted by Crippen LogP contribution is -2.26. The van der Waals surface area contributed by atoms with E-state index in [-0.39, 0.29) is 5.41 Å². The number of hydrogen-bond donors (Lipinski definition) is 1. The Morgan fingerprint density at radius 2 is 1.89 bits per heavy atom. The van der Waals surface area contributed by atoms with Crippen LogP contribution in [0.25, 0.3) is 0 Å². The minimum atomic E-state index is 0.206. The molecule has 2 fully saturated rings. The number of thioether (sulfide) groups is 1. The lowest BCUT2D eigenvalue weighted by Gasteiger charge is -2.37. The number of nitrogens with zero attached hydrogens (tertiary/aromatic N) is 3. The van der Waals surface area contributed by atoms with Gasteiger partial charge in [-0.15, -0.1) is 0 Å². The van der Waals surface area contributed by atoms with Gasteiger partial charge in [-0.3, -0.25) is 0 Å². The third-order valence-electron chi connectivity index (χ3n) is 5.61. The van der Waals surface area contributed by atoms with E-state index in [4.69, 9.17) is 4.99 Å². The lowest BCUT2D eigenvalue weighted by atomic mass is 9.79. The van der Waals surface area contributed by atoms with E-state index in [1.54, 1.807) is 18.0 Å². The summed E-state index contributed by atoms with van der Waals surface area (Å²) < 4.78 is 0. The number of nitrogens with one attached hydrogen (secondary N) is 1. The van der Waals surface area contributed by atoms with Gasteiger partial charge in [0, 0.05) is 29.1 Å². The first-order chi connectivity index (χ1) is 13.5.